The van der Waals surface area contributed by atoms with Crippen molar-refractivity contribution in [3.05, 3.63) is 71.8 Å². The first-order valence-corrected chi connectivity index (χ1v) is 13.5. The molecule has 2 aromatic rings. The molecule has 0 amide bonds. The van der Waals surface area contributed by atoms with Crippen LogP contribution >= 0.6 is 0 Å². The Morgan fingerprint density at radius 2 is 0.974 bits per heavy atom. The zero-order valence-corrected chi connectivity index (χ0v) is 23.4. The normalized spacial score (nSPS) is 34.8. The maximum Gasteiger partial charge on any atom is 0.338 e. The van der Waals surface area contributed by atoms with Gasteiger partial charge in [0.25, 0.3) is 0 Å². The summed E-state index contributed by atoms with van der Waals surface area (Å²) in [7, 11) is 0. The van der Waals surface area contributed by atoms with Gasteiger partial charge < -0.3 is 24.1 Å². The molecular weight excluding hydrogens is 484 g/mol. The molecule has 7 heteroatoms. The predicted molar refractivity (Wildman–Crippen MR) is 145 cm³/mol. The van der Waals surface area contributed by atoms with E-state index >= 15 is 0 Å². The Morgan fingerprint density at radius 3 is 1.45 bits per heavy atom. The van der Waals surface area contributed by atoms with E-state index in [0.29, 0.717) is 23.0 Å². The lowest BCUT2D eigenvalue weighted by Crippen LogP contribution is -2.53. The number of aliphatic hydroxyl groups excluding tert-OH is 1. The Labute approximate surface area is 226 Å². The molecule has 0 bridgehead atoms. The summed E-state index contributed by atoms with van der Waals surface area (Å²) >= 11 is 0. The van der Waals surface area contributed by atoms with Crippen molar-refractivity contribution in [2.24, 2.45) is 17.8 Å². The van der Waals surface area contributed by atoms with Gasteiger partial charge in [0.05, 0.1) is 41.6 Å². The molecule has 2 saturated heterocycles. The Bertz CT molecular complexity index is 944. The van der Waals surface area contributed by atoms with E-state index in [1.165, 1.54) is 0 Å². The fourth-order valence-corrected chi connectivity index (χ4v) is 4.99. The second-order valence-electron chi connectivity index (χ2n) is 10.6. The second kappa shape index (κ2) is 13.4. The van der Waals surface area contributed by atoms with Gasteiger partial charge in [-0.25, -0.2) is 9.59 Å². The van der Waals surface area contributed by atoms with Crippen molar-refractivity contribution in [2.75, 3.05) is 0 Å². The van der Waals surface area contributed by atoms with E-state index in [1.807, 2.05) is 52.0 Å². The zero-order valence-electron chi connectivity index (χ0n) is 23.4. The van der Waals surface area contributed by atoms with Gasteiger partial charge in [0.2, 0.25) is 0 Å². The van der Waals surface area contributed by atoms with Crippen molar-refractivity contribution in [1.82, 2.24) is 0 Å². The second-order valence-corrected chi connectivity index (χ2v) is 10.6. The van der Waals surface area contributed by atoms with Gasteiger partial charge >= 0.3 is 11.9 Å². The number of esters is 2. The Morgan fingerprint density at radius 1 is 0.579 bits per heavy atom. The molecule has 2 fully saturated rings. The topological polar surface area (TPSA) is 91.3 Å². The lowest BCUT2D eigenvalue weighted by atomic mass is 9.82. The maximum atomic E-state index is 12.1. The average molecular weight is 527 g/mol. The summed E-state index contributed by atoms with van der Waals surface area (Å²) in [4.78, 5) is 24.1. The van der Waals surface area contributed by atoms with E-state index in [9.17, 15) is 14.7 Å². The van der Waals surface area contributed by atoms with Gasteiger partial charge in [-0.15, -0.1) is 0 Å². The van der Waals surface area contributed by atoms with Crippen molar-refractivity contribution >= 4 is 11.9 Å². The minimum absolute atomic E-state index is 0.0447. The summed E-state index contributed by atoms with van der Waals surface area (Å²) < 4.78 is 22.6. The predicted octanol–water partition coefficient (Wildman–Crippen LogP) is 5.31. The summed E-state index contributed by atoms with van der Waals surface area (Å²) in [5, 5.41) is 10.2. The van der Waals surface area contributed by atoms with Gasteiger partial charge in [-0.2, -0.15) is 0 Å². The maximum absolute atomic E-state index is 12.1. The molecule has 1 N–H and O–H groups in total. The van der Waals surface area contributed by atoms with Crippen LogP contribution in [0.15, 0.2) is 60.7 Å². The van der Waals surface area contributed by atoms with Crippen molar-refractivity contribution in [1.29, 1.82) is 0 Å². The van der Waals surface area contributed by atoms with Crippen molar-refractivity contribution in [2.45, 2.75) is 91.2 Å². The molecule has 208 valence electrons. The molecule has 4 rings (SSSR count). The summed E-state index contributed by atoms with van der Waals surface area (Å²) in [6.45, 7) is 13.9. The van der Waals surface area contributed by atoms with Crippen LogP contribution in [-0.2, 0) is 18.9 Å². The van der Waals surface area contributed by atoms with Crippen LogP contribution in [0.3, 0.4) is 0 Å². The third-order valence-electron chi connectivity index (χ3n) is 7.99. The molecule has 2 heterocycles. The third kappa shape index (κ3) is 7.22. The first-order valence-electron chi connectivity index (χ1n) is 13.5. The Kier molecular flexibility index (Phi) is 10.5. The lowest BCUT2D eigenvalue weighted by Gasteiger charge is -2.42. The smallest absolute Gasteiger partial charge is 0.338 e. The van der Waals surface area contributed by atoms with E-state index in [-0.39, 0.29) is 42.4 Å². The van der Waals surface area contributed by atoms with Crippen molar-refractivity contribution in [3.8, 4) is 0 Å². The quantitative estimate of drug-likeness (QED) is 0.540. The minimum Gasteiger partial charge on any atom is -0.456 e. The van der Waals surface area contributed by atoms with Crippen LogP contribution in [0, 0.1) is 17.8 Å². The molecular formula is C31H42O7. The van der Waals surface area contributed by atoms with Gasteiger partial charge in [0.1, 0.15) is 6.10 Å². The molecule has 0 saturated carbocycles. The molecule has 2 aromatic carbocycles. The van der Waals surface area contributed by atoms with Crippen molar-refractivity contribution < 1.29 is 33.6 Å². The molecule has 0 spiro atoms. The van der Waals surface area contributed by atoms with E-state index < -0.39 is 18.2 Å². The van der Waals surface area contributed by atoms with E-state index in [4.69, 9.17) is 18.9 Å². The molecule has 0 aliphatic carbocycles. The molecule has 7 nitrogen and oxygen atoms in total. The molecule has 0 radical (unpaired) electrons. The molecule has 2 aliphatic rings. The highest BCUT2D eigenvalue weighted by Crippen LogP contribution is 2.33. The summed E-state index contributed by atoms with van der Waals surface area (Å²) in [6, 6.07) is 17.9. The fourth-order valence-electron chi connectivity index (χ4n) is 4.99. The standard InChI is InChI=1S/C16H22O3.C15H20O4/c1-10-11(2)15(13(4)18-12(10)3)19-16(17)14-8-6-5-7-9-14;1-9-10(2)18-11(3)14(13(9)16)19-15(17)12-7-5-4-6-8-12/h5-13,15H,1-4H3;4-11,13-14,16H,1-3H3/t10-,11+,12?,13+,15?;9-,10?,11-,13-,14?/m10/s1. The van der Waals surface area contributed by atoms with Crippen LogP contribution in [-0.4, -0.2) is 59.8 Å². The van der Waals surface area contributed by atoms with Gasteiger partial charge in [0.15, 0.2) is 6.10 Å². The number of aliphatic hydroxyl groups is 1. The zero-order chi connectivity index (χ0) is 28.0. The van der Waals surface area contributed by atoms with Gasteiger partial charge in [-0.3, -0.25) is 0 Å². The highest BCUT2D eigenvalue weighted by molar-refractivity contribution is 5.90. The first-order chi connectivity index (χ1) is 18.0. The van der Waals surface area contributed by atoms with Crippen LogP contribution in [0.5, 0.6) is 0 Å². The molecule has 10 atom stereocenters. The molecule has 4 unspecified atom stereocenters. The SMILES string of the molecule is CC1O[C@@H](C)C(OC(=O)c2ccccc2)[C@@H](C)[C@H]1C.CC1O[C@@H](C)C(OC(=O)c2ccccc2)[C@@H](O)[C@H]1C. The monoisotopic (exact) mass is 526 g/mol. The fraction of sp³-hybridized carbons (Fsp3) is 0.548. The first kappa shape index (κ1) is 29.8. The summed E-state index contributed by atoms with van der Waals surface area (Å²) in [6.07, 6.45) is -1.72. The molecule has 0 aromatic heterocycles. The number of rotatable bonds is 4. The average Bonchev–Trinajstić information content (AvgIpc) is 2.92. The van der Waals surface area contributed by atoms with Crippen LogP contribution in [0.25, 0.3) is 0 Å². The lowest BCUT2D eigenvalue weighted by molar-refractivity contribution is -0.185. The minimum atomic E-state index is -0.702. The van der Waals surface area contributed by atoms with E-state index in [2.05, 4.69) is 20.8 Å². The van der Waals surface area contributed by atoms with Crippen LogP contribution in [0.4, 0.5) is 0 Å². The number of ether oxygens (including phenoxy) is 4. The van der Waals surface area contributed by atoms with Crippen LogP contribution in [0.1, 0.15) is 69.2 Å². The van der Waals surface area contributed by atoms with E-state index in [1.54, 1.807) is 36.4 Å². The van der Waals surface area contributed by atoms with Crippen LogP contribution < -0.4 is 0 Å². The van der Waals surface area contributed by atoms with Gasteiger partial charge in [-0.05, 0) is 57.9 Å². The summed E-state index contributed by atoms with van der Waals surface area (Å²) in [5.41, 5.74) is 1.07. The summed E-state index contributed by atoms with van der Waals surface area (Å²) in [5.74, 6) is -0.0857. The third-order valence-corrected chi connectivity index (χ3v) is 7.99. The molecule has 2 aliphatic heterocycles. The highest BCUT2D eigenvalue weighted by Gasteiger charge is 2.42. The van der Waals surface area contributed by atoms with E-state index in [0.717, 1.165) is 0 Å². The van der Waals surface area contributed by atoms with Crippen LogP contribution in [0.2, 0.25) is 0 Å². The number of hydrogen-bond acceptors (Lipinski definition) is 7. The van der Waals surface area contributed by atoms with Crippen molar-refractivity contribution in [3.63, 3.8) is 0 Å². The largest absolute Gasteiger partial charge is 0.456 e. The number of carbonyl (C=O) groups is 2. The van der Waals surface area contributed by atoms with Gasteiger partial charge in [0, 0.05) is 11.8 Å². The molecule has 38 heavy (non-hydrogen) atoms. The number of carbonyl (C=O) groups excluding carboxylic acids is 2. The number of benzene rings is 2. The number of hydrogen-bond donors (Lipinski definition) is 1. The Hall–Kier alpha value is -2.74. The highest BCUT2D eigenvalue weighted by atomic mass is 16.6. The Balaban J connectivity index is 0.000000211. The van der Waals surface area contributed by atoms with Gasteiger partial charge in [-0.1, -0.05) is 57.2 Å².